The molecule has 3 rings (SSSR count). The summed E-state index contributed by atoms with van der Waals surface area (Å²) in [5, 5.41) is 5.74. The molecule has 2 aromatic rings. The van der Waals surface area contributed by atoms with E-state index in [0.29, 0.717) is 28.7 Å². The number of nitrogens with one attached hydrogen (secondary N) is 1. The zero-order valence-electron chi connectivity index (χ0n) is 23.3. The number of imidazole rings is 1. The van der Waals surface area contributed by atoms with Gasteiger partial charge in [-0.3, -0.25) is 0 Å². The van der Waals surface area contributed by atoms with Crippen LogP contribution < -0.4 is 10.0 Å². The van der Waals surface area contributed by atoms with Crippen LogP contribution in [0.2, 0.25) is 1.41 Å². The predicted octanol–water partition coefficient (Wildman–Crippen LogP) is 3.95. The van der Waals surface area contributed by atoms with Gasteiger partial charge >= 0.3 is 12.1 Å². The van der Waals surface area contributed by atoms with Crippen LogP contribution in [0.4, 0.5) is 10.6 Å². The van der Waals surface area contributed by atoms with Crippen LogP contribution in [-0.2, 0) is 9.47 Å². The topological polar surface area (TPSA) is 103 Å². The van der Waals surface area contributed by atoms with Crippen molar-refractivity contribution in [1.29, 1.82) is 0 Å². The van der Waals surface area contributed by atoms with Crippen LogP contribution >= 0.6 is 24.0 Å². The highest BCUT2D eigenvalue weighted by Gasteiger charge is 2.41. The SMILES string of the molecule is [2H]N(C[B][B])c1nc(O[C@@H](C)CCC)nn2c(C(OC(=S)SC)C3CCCN3C(=O)OC(C)(C)C)cnc12. The van der Waals surface area contributed by atoms with Crippen LogP contribution in [0.25, 0.3) is 5.65 Å². The smallest absolute Gasteiger partial charge is 0.410 e. The van der Waals surface area contributed by atoms with Crippen molar-refractivity contribution in [2.24, 2.45) is 0 Å². The monoisotopic (exact) mass is 546 g/mol. The number of anilines is 1. The summed E-state index contributed by atoms with van der Waals surface area (Å²) in [6, 6.07) is -0.273. The van der Waals surface area contributed by atoms with Gasteiger partial charge in [0.1, 0.15) is 11.3 Å². The molecule has 199 valence electrons. The Hall–Kier alpha value is -2.21. The van der Waals surface area contributed by atoms with Gasteiger partial charge in [-0.1, -0.05) is 25.1 Å². The molecule has 14 heteroatoms. The molecule has 10 nitrogen and oxygen atoms in total. The fourth-order valence-corrected chi connectivity index (χ4v) is 4.45. The normalized spacial score (nSPS) is 17.7. The molecule has 1 saturated heterocycles. The Labute approximate surface area is 232 Å². The number of fused-ring (bicyclic) bond motifs is 1. The maximum absolute atomic E-state index is 13.1. The molecule has 1 N–H and O–H groups in total. The minimum absolute atomic E-state index is 0.101. The molecule has 2 unspecified atom stereocenters. The third kappa shape index (κ3) is 7.65. The van der Waals surface area contributed by atoms with E-state index in [1.165, 1.54) is 18.9 Å². The highest BCUT2D eigenvalue weighted by molar-refractivity contribution is 8.22. The van der Waals surface area contributed by atoms with Gasteiger partial charge in [-0.15, -0.1) is 5.10 Å². The van der Waals surface area contributed by atoms with Crippen molar-refractivity contribution in [2.45, 2.75) is 84.2 Å². The van der Waals surface area contributed by atoms with Gasteiger partial charge in [-0.2, -0.15) is 4.98 Å². The van der Waals surface area contributed by atoms with E-state index < -0.39 is 17.8 Å². The van der Waals surface area contributed by atoms with Gasteiger partial charge in [0.15, 0.2) is 19.0 Å². The van der Waals surface area contributed by atoms with Gasteiger partial charge < -0.3 is 24.4 Å². The number of carbonyl (C=O) groups excluding carboxylic acids is 1. The molecule has 37 heavy (non-hydrogen) atoms. The van der Waals surface area contributed by atoms with Gasteiger partial charge in [-0.05, 0) is 71.9 Å². The summed E-state index contributed by atoms with van der Waals surface area (Å²) in [6.45, 7) is 10.0. The number of thiocarbonyl (C=S) groups is 1. The van der Waals surface area contributed by atoms with E-state index in [2.05, 4.69) is 22.0 Å². The number of aromatic nitrogens is 4. The lowest BCUT2D eigenvalue weighted by Crippen LogP contribution is -2.43. The third-order valence-corrected chi connectivity index (χ3v) is 6.68. The molecule has 1 aliphatic heterocycles. The largest absolute Gasteiger partial charge is 0.466 e. The van der Waals surface area contributed by atoms with E-state index in [1.807, 2.05) is 34.0 Å². The standard InChI is InChI=1S/C23H35B2N6O4S2/c1-7-9-14(2)33-20-28-18(27-13-25-24)19-26-12-16(31(19)29-20)17(34-22(36)37-6)15-10-8-11-30(15)21(32)35-23(3,4)5/h12,14-15,17H,7-11,13H2,1-6H3,(H,27,28,29)/t14-,15?,17?/m0/s1/i/hD. The third-order valence-electron chi connectivity index (χ3n) is 5.66. The van der Waals surface area contributed by atoms with Crippen molar-refractivity contribution in [1.82, 2.24) is 24.5 Å². The Morgan fingerprint density at radius 2 is 2.24 bits per heavy atom. The van der Waals surface area contributed by atoms with Gasteiger partial charge in [0.25, 0.3) is 0 Å². The molecule has 1 fully saturated rings. The lowest BCUT2D eigenvalue weighted by atomic mass is 9.56. The fraction of sp³-hybridized carbons (Fsp3) is 0.696. The molecule has 2 aromatic heterocycles. The molecule has 0 bridgehead atoms. The number of ether oxygens (including phenoxy) is 3. The first-order chi connectivity index (χ1) is 18.0. The number of hydrogen-bond donors (Lipinski definition) is 1. The summed E-state index contributed by atoms with van der Waals surface area (Å²) in [4.78, 5) is 23.8. The van der Waals surface area contributed by atoms with Crippen molar-refractivity contribution in [3.05, 3.63) is 11.9 Å². The number of hydrogen-bond acceptors (Lipinski definition) is 10. The Balaban J connectivity index is 2.11. The van der Waals surface area contributed by atoms with Crippen molar-refractivity contribution >= 4 is 60.8 Å². The molecule has 0 spiro atoms. The van der Waals surface area contributed by atoms with E-state index in [-0.39, 0.29) is 30.4 Å². The Morgan fingerprint density at radius 1 is 1.49 bits per heavy atom. The second kappa shape index (κ2) is 13.0. The molecule has 0 aliphatic carbocycles. The van der Waals surface area contributed by atoms with Crippen molar-refractivity contribution < 1.29 is 20.4 Å². The molecule has 3 radical (unpaired) electrons. The van der Waals surface area contributed by atoms with Crippen LogP contribution in [0.5, 0.6) is 6.01 Å². The van der Waals surface area contributed by atoms with E-state index in [0.717, 1.165) is 24.6 Å². The molecule has 3 heterocycles. The summed E-state index contributed by atoms with van der Waals surface area (Å²) >= 11 is 6.73. The van der Waals surface area contributed by atoms with Gasteiger partial charge in [0.05, 0.1) is 25.5 Å². The maximum Gasteiger partial charge on any atom is 0.410 e. The number of thioether (sulfide) groups is 1. The quantitative estimate of drug-likeness (QED) is 0.348. The highest BCUT2D eigenvalue weighted by atomic mass is 32.2. The van der Waals surface area contributed by atoms with E-state index in [4.69, 9.17) is 35.6 Å². The Morgan fingerprint density at radius 3 is 2.89 bits per heavy atom. The fourth-order valence-electron chi connectivity index (χ4n) is 4.14. The Bertz CT molecular complexity index is 1120. The van der Waals surface area contributed by atoms with Crippen molar-refractivity contribution in [3.63, 3.8) is 0 Å². The maximum atomic E-state index is 13.1. The minimum atomic E-state index is -0.691. The second-order valence-corrected chi connectivity index (χ2v) is 11.2. The lowest BCUT2D eigenvalue weighted by molar-refractivity contribution is 0.00740. The summed E-state index contributed by atoms with van der Waals surface area (Å²) < 4.78 is 28.3. The van der Waals surface area contributed by atoms with Gasteiger partial charge in [0.2, 0.25) is 4.38 Å². The van der Waals surface area contributed by atoms with Crippen LogP contribution in [-0.4, -0.2) is 86.9 Å². The molecular weight excluding hydrogens is 510 g/mol. The minimum Gasteiger partial charge on any atom is -0.466 e. The average Bonchev–Trinajstić information content (AvgIpc) is 3.49. The second-order valence-electron chi connectivity index (χ2n) is 9.81. The summed E-state index contributed by atoms with van der Waals surface area (Å²) in [7, 11) is 6.95. The summed E-state index contributed by atoms with van der Waals surface area (Å²) in [6.07, 6.45) is 5.53. The van der Waals surface area contributed by atoms with E-state index in [9.17, 15) is 4.79 Å². The summed E-state index contributed by atoms with van der Waals surface area (Å²) in [5.41, 5.74) is 0.246. The number of rotatable bonds is 10. The number of amides is 1. The zero-order valence-corrected chi connectivity index (χ0v) is 24.0. The summed E-state index contributed by atoms with van der Waals surface area (Å²) in [5.74, 6) is 0.230. The van der Waals surface area contributed by atoms with Gasteiger partial charge in [0, 0.05) is 14.3 Å². The average molecular weight is 546 g/mol. The van der Waals surface area contributed by atoms with Crippen LogP contribution in [0.1, 0.15) is 72.1 Å². The van der Waals surface area contributed by atoms with E-state index in [1.54, 1.807) is 15.6 Å². The highest BCUT2D eigenvalue weighted by Crippen LogP contribution is 2.35. The molecular formula is C23H35B2N6O4S2. The van der Waals surface area contributed by atoms with E-state index >= 15 is 0 Å². The van der Waals surface area contributed by atoms with Crippen LogP contribution in [0, 0.1) is 0 Å². The molecule has 3 atom stereocenters. The first kappa shape index (κ1) is 27.8. The first-order valence-electron chi connectivity index (χ1n) is 12.9. The van der Waals surface area contributed by atoms with Crippen LogP contribution in [0.15, 0.2) is 6.20 Å². The molecule has 0 aromatic carbocycles. The molecule has 1 aliphatic rings. The van der Waals surface area contributed by atoms with Crippen molar-refractivity contribution in [2.75, 3.05) is 24.6 Å². The van der Waals surface area contributed by atoms with Crippen molar-refractivity contribution in [3.8, 4) is 6.01 Å². The number of nitrogens with zero attached hydrogens (tertiary/aromatic N) is 5. The predicted molar refractivity (Wildman–Crippen MR) is 152 cm³/mol. The van der Waals surface area contributed by atoms with Gasteiger partial charge in [-0.25, -0.2) is 14.3 Å². The Kier molecular flexibility index (Phi) is 9.80. The number of carbonyl (C=O) groups is 1. The van der Waals surface area contributed by atoms with Crippen LogP contribution in [0.3, 0.4) is 0 Å². The zero-order chi connectivity index (χ0) is 28.0. The number of likely N-dealkylation sites (tertiary alicyclic amines) is 1. The molecule has 0 saturated carbocycles. The lowest BCUT2D eigenvalue weighted by Gasteiger charge is -2.32. The first-order valence-corrected chi connectivity index (χ1v) is 14.1. The molecule has 1 amide bonds.